The average Bonchev–Trinajstić information content (AvgIpc) is 3.11. The summed E-state index contributed by atoms with van der Waals surface area (Å²) in [6, 6.07) is 5.01. The van der Waals surface area contributed by atoms with E-state index in [-0.39, 0.29) is 18.3 Å². The van der Waals surface area contributed by atoms with Gasteiger partial charge in [-0.1, -0.05) is 5.21 Å². The maximum absolute atomic E-state index is 13.5. The lowest BCUT2D eigenvalue weighted by molar-refractivity contribution is -0.0521. The Kier molecular flexibility index (Phi) is 5.50. The second-order valence-corrected chi connectivity index (χ2v) is 5.38. The summed E-state index contributed by atoms with van der Waals surface area (Å²) in [6.45, 7) is -1.61. The van der Waals surface area contributed by atoms with Gasteiger partial charge in [-0.05, 0) is 25.1 Å². The third kappa shape index (κ3) is 4.70. The largest absolute Gasteiger partial charge is 0.457 e. The lowest BCUT2D eigenvalue weighted by Gasteiger charge is -2.07. The third-order valence-electron chi connectivity index (χ3n) is 3.37. The lowest BCUT2D eigenvalue weighted by atomic mass is 10.3. The predicted molar refractivity (Wildman–Crippen MR) is 84.9 cm³/mol. The normalized spacial score (nSPS) is 12.2. The van der Waals surface area contributed by atoms with Crippen molar-refractivity contribution in [3.8, 4) is 17.4 Å². The van der Waals surface area contributed by atoms with Crippen LogP contribution in [-0.4, -0.2) is 36.7 Å². The Hall–Kier alpha value is -3.21. The van der Waals surface area contributed by atoms with E-state index in [0.717, 1.165) is 12.1 Å². The number of hydrogen-bond donors (Lipinski definition) is 1. The highest BCUT2D eigenvalue weighted by Gasteiger charge is 2.13. The molecule has 3 rings (SSSR count). The van der Waals surface area contributed by atoms with Crippen molar-refractivity contribution in [2.24, 2.45) is 0 Å². The fourth-order valence-electron chi connectivity index (χ4n) is 2.11. The number of aliphatic hydroxyl groups excluding tert-OH is 1. The molecule has 8 nitrogen and oxygen atoms in total. The molecule has 0 aliphatic heterocycles. The molecule has 0 radical (unpaired) electrons. The summed E-state index contributed by atoms with van der Waals surface area (Å²) in [5.41, 5.74) is 1.07. The Morgan fingerprint density at radius 1 is 1.26 bits per heavy atom. The van der Waals surface area contributed by atoms with Gasteiger partial charge in [0.2, 0.25) is 0 Å². The van der Waals surface area contributed by atoms with E-state index < -0.39 is 24.3 Å². The molecule has 0 aliphatic rings. The van der Waals surface area contributed by atoms with Crippen molar-refractivity contribution in [1.82, 2.24) is 25.0 Å². The molecule has 0 saturated heterocycles. The van der Waals surface area contributed by atoms with Crippen LogP contribution in [-0.2, 0) is 6.61 Å². The quantitative estimate of drug-likeness (QED) is 0.672. The standard InChI is InChI=1S/C16H14F3N5O3/c1-9(25)13-4-5-20-16(21-13)26-8-10-7-24(23-22-10)11-2-3-12(17)14(6-11)27-15(18)19/h2-7,9,15,25H,8H2,1H3. The van der Waals surface area contributed by atoms with Crippen molar-refractivity contribution in [3.63, 3.8) is 0 Å². The van der Waals surface area contributed by atoms with Crippen molar-refractivity contribution in [1.29, 1.82) is 0 Å². The van der Waals surface area contributed by atoms with Gasteiger partial charge in [0.05, 0.1) is 23.7 Å². The first kappa shape index (κ1) is 18.6. The summed E-state index contributed by atoms with van der Waals surface area (Å²) < 4.78 is 48.9. The van der Waals surface area contributed by atoms with E-state index in [4.69, 9.17) is 4.74 Å². The third-order valence-corrected chi connectivity index (χ3v) is 3.37. The molecule has 142 valence electrons. The maximum atomic E-state index is 13.5. The topological polar surface area (TPSA) is 95.2 Å². The minimum absolute atomic E-state index is 0.0230. The molecule has 0 fully saturated rings. The van der Waals surface area contributed by atoms with Crippen LogP contribution < -0.4 is 9.47 Å². The molecule has 1 N–H and O–H groups in total. The first-order valence-corrected chi connectivity index (χ1v) is 7.72. The molecule has 1 atom stereocenters. The number of alkyl halides is 2. The summed E-state index contributed by atoms with van der Waals surface area (Å²) in [4.78, 5) is 7.96. The maximum Gasteiger partial charge on any atom is 0.387 e. The summed E-state index contributed by atoms with van der Waals surface area (Å²) in [7, 11) is 0. The number of hydrogen-bond acceptors (Lipinski definition) is 7. The Labute approximate surface area is 151 Å². The van der Waals surface area contributed by atoms with Crippen LogP contribution in [0.2, 0.25) is 0 Å². The van der Waals surface area contributed by atoms with Gasteiger partial charge in [-0.25, -0.2) is 14.1 Å². The van der Waals surface area contributed by atoms with Crippen LogP contribution in [0.1, 0.15) is 24.4 Å². The number of ether oxygens (including phenoxy) is 2. The molecular weight excluding hydrogens is 367 g/mol. The Morgan fingerprint density at radius 2 is 2.07 bits per heavy atom. The first-order valence-electron chi connectivity index (χ1n) is 7.72. The van der Waals surface area contributed by atoms with Gasteiger partial charge >= 0.3 is 12.6 Å². The zero-order valence-electron chi connectivity index (χ0n) is 14.0. The van der Waals surface area contributed by atoms with Gasteiger partial charge in [0.15, 0.2) is 11.6 Å². The molecule has 0 saturated carbocycles. The molecule has 0 amide bonds. The van der Waals surface area contributed by atoms with E-state index in [9.17, 15) is 18.3 Å². The highest BCUT2D eigenvalue weighted by atomic mass is 19.3. The monoisotopic (exact) mass is 381 g/mol. The van der Waals surface area contributed by atoms with E-state index in [0.29, 0.717) is 11.4 Å². The van der Waals surface area contributed by atoms with Crippen LogP contribution in [0.15, 0.2) is 36.7 Å². The van der Waals surface area contributed by atoms with Gasteiger partial charge in [0, 0.05) is 12.3 Å². The molecule has 1 aromatic carbocycles. The number of halogens is 3. The van der Waals surface area contributed by atoms with Crippen molar-refractivity contribution >= 4 is 0 Å². The Bertz CT molecular complexity index is 920. The zero-order chi connectivity index (χ0) is 19.4. The number of benzene rings is 1. The minimum Gasteiger partial charge on any atom is -0.457 e. The minimum atomic E-state index is -3.15. The van der Waals surface area contributed by atoms with Gasteiger partial charge in [0.25, 0.3) is 0 Å². The number of rotatable bonds is 7. The van der Waals surface area contributed by atoms with E-state index in [2.05, 4.69) is 25.0 Å². The van der Waals surface area contributed by atoms with Gasteiger partial charge < -0.3 is 14.6 Å². The van der Waals surface area contributed by atoms with Crippen molar-refractivity contribution < 1.29 is 27.8 Å². The number of nitrogens with zero attached hydrogens (tertiary/aromatic N) is 5. The second kappa shape index (κ2) is 7.99. The van der Waals surface area contributed by atoms with E-state index in [1.54, 1.807) is 13.0 Å². The fourth-order valence-corrected chi connectivity index (χ4v) is 2.11. The van der Waals surface area contributed by atoms with Crippen molar-refractivity contribution in [2.45, 2.75) is 26.2 Å². The average molecular weight is 381 g/mol. The van der Waals surface area contributed by atoms with Crippen LogP contribution in [0.5, 0.6) is 11.8 Å². The molecule has 3 aromatic rings. The highest BCUT2D eigenvalue weighted by molar-refractivity contribution is 5.39. The van der Waals surface area contributed by atoms with E-state index in [1.807, 2.05) is 0 Å². The van der Waals surface area contributed by atoms with Gasteiger partial charge in [0.1, 0.15) is 12.3 Å². The summed E-state index contributed by atoms with van der Waals surface area (Å²) in [6.07, 6.45) is 2.15. The first-order chi connectivity index (χ1) is 12.9. The fraction of sp³-hybridized carbons (Fsp3) is 0.250. The van der Waals surface area contributed by atoms with E-state index >= 15 is 0 Å². The number of aromatic nitrogens is 5. The highest BCUT2D eigenvalue weighted by Crippen LogP contribution is 2.23. The molecular formula is C16H14F3N5O3. The Morgan fingerprint density at radius 3 is 2.81 bits per heavy atom. The summed E-state index contributed by atoms with van der Waals surface area (Å²) in [5.74, 6) is -1.52. The Balaban J connectivity index is 1.71. The second-order valence-electron chi connectivity index (χ2n) is 5.38. The molecule has 0 bridgehead atoms. The smallest absolute Gasteiger partial charge is 0.387 e. The zero-order valence-corrected chi connectivity index (χ0v) is 14.0. The SMILES string of the molecule is CC(O)c1ccnc(OCc2cn(-c3ccc(F)c(OC(F)F)c3)nn2)n1. The van der Waals surface area contributed by atoms with Crippen LogP contribution >= 0.6 is 0 Å². The molecule has 1 unspecified atom stereocenters. The summed E-state index contributed by atoms with van der Waals surface area (Å²) >= 11 is 0. The van der Waals surface area contributed by atoms with Gasteiger partial charge in [-0.2, -0.15) is 13.8 Å². The van der Waals surface area contributed by atoms with Gasteiger partial charge in [-0.15, -0.1) is 5.10 Å². The molecule has 2 aromatic heterocycles. The van der Waals surface area contributed by atoms with Crippen LogP contribution in [0, 0.1) is 5.82 Å². The summed E-state index contributed by atoms with van der Waals surface area (Å²) in [5, 5.41) is 17.2. The van der Waals surface area contributed by atoms with Crippen LogP contribution in [0.25, 0.3) is 5.69 Å². The van der Waals surface area contributed by atoms with Crippen molar-refractivity contribution in [3.05, 3.63) is 53.9 Å². The van der Waals surface area contributed by atoms with E-state index in [1.165, 1.54) is 23.1 Å². The molecule has 0 aliphatic carbocycles. The van der Waals surface area contributed by atoms with Crippen LogP contribution in [0.4, 0.5) is 13.2 Å². The molecule has 2 heterocycles. The van der Waals surface area contributed by atoms with Gasteiger partial charge in [-0.3, -0.25) is 0 Å². The molecule has 11 heteroatoms. The lowest BCUT2D eigenvalue weighted by Crippen LogP contribution is -2.05. The predicted octanol–water partition coefficient (Wildman–Crippen LogP) is 2.43. The molecule has 27 heavy (non-hydrogen) atoms. The van der Waals surface area contributed by atoms with Crippen LogP contribution in [0.3, 0.4) is 0 Å². The van der Waals surface area contributed by atoms with Crippen molar-refractivity contribution in [2.75, 3.05) is 0 Å². The number of aliphatic hydroxyl groups is 1. The molecule has 0 spiro atoms.